The Kier molecular flexibility index (Phi) is 7.82. The number of aromatic nitrogens is 4. The quantitative estimate of drug-likeness (QED) is 0.335. The third-order valence-electron chi connectivity index (χ3n) is 4.99. The summed E-state index contributed by atoms with van der Waals surface area (Å²) in [5.41, 5.74) is 10.5. The zero-order valence-electron chi connectivity index (χ0n) is 17.1. The molecular formula is C22H27ClN6O. The number of hydrogen-bond donors (Lipinski definition) is 3. The highest BCUT2D eigenvalue weighted by molar-refractivity contribution is 6.29. The number of aliphatic hydroxyl groups excluding tert-OH is 1. The van der Waals surface area contributed by atoms with Crippen molar-refractivity contribution in [1.82, 2.24) is 25.5 Å². The number of halogens is 1. The average molecular weight is 427 g/mol. The minimum atomic E-state index is -0.183. The van der Waals surface area contributed by atoms with Crippen molar-refractivity contribution in [2.75, 3.05) is 13.2 Å². The summed E-state index contributed by atoms with van der Waals surface area (Å²) in [4.78, 5) is 2.06. The van der Waals surface area contributed by atoms with Crippen LogP contribution in [0, 0.1) is 0 Å². The first kappa shape index (κ1) is 21.8. The fourth-order valence-electron chi connectivity index (χ4n) is 3.40. The van der Waals surface area contributed by atoms with Crippen molar-refractivity contribution in [2.45, 2.75) is 32.7 Å². The van der Waals surface area contributed by atoms with E-state index in [1.165, 1.54) is 0 Å². The number of aromatic amines is 1. The molecule has 0 amide bonds. The Balaban J connectivity index is 1.82. The summed E-state index contributed by atoms with van der Waals surface area (Å²) in [5.74, 6) is 0.562. The lowest BCUT2D eigenvalue weighted by Gasteiger charge is -2.27. The first-order valence-electron chi connectivity index (χ1n) is 10.1. The van der Waals surface area contributed by atoms with Crippen LogP contribution in [0.1, 0.15) is 31.7 Å². The largest absolute Gasteiger partial charge is 0.390 e. The van der Waals surface area contributed by atoms with Crippen molar-refractivity contribution in [2.24, 2.45) is 5.73 Å². The Hall–Kier alpha value is -2.90. The number of nitrogens with one attached hydrogen (secondary N) is 1. The van der Waals surface area contributed by atoms with Gasteiger partial charge in [0.25, 0.3) is 0 Å². The van der Waals surface area contributed by atoms with Crippen molar-refractivity contribution >= 4 is 11.6 Å². The Morgan fingerprint density at radius 2 is 1.83 bits per heavy atom. The van der Waals surface area contributed by atoms with E-state index in [-0.39, 0.29) is 11.8 Å². The van der Waals surface area contributed by atoms with Crippen LogP contribution in [0.4, 0.5) is 0 Å². The van der Waals surface area contributed by atoms with E-state index in [2.05, 4.69) is 56.7 Å². The lowest BCUT2D eigenvalue weighted by atomic mass is 9.98. The zero-order valence-corrected chi connectivity index (χ0v) is 17.8. The molecule has 0 saturated carbocycles. The SMILES string of the molecule is CCCCCN(Cc1ccc(-c2ccccc2-c2nn[nH]n2)cc1)/C(CO)=C(\N)Cl. The average Bonchev–Trinajstić information content (AvgIpc) is 3.29. The number of H-pyrrole nitrogens is 1. The van der Waals surface area contributed by atoms with E-state index < -0.39 is 0 Å². The molecule has 0 saturated heterocycles. The molecule has 0 aliphatic heterocycles. The molecule has 7 nitrogen and oxygen atoms in total. The molecule has 3 rings (SSSR count). The fourth-order valence-corrected chi connectivity index (χ4v) is 3.58. The highest BCUT2D eigenvalue weighted by Gasteiger charge is 2.14. The zero-order chi connectivity index (χ0) is 21.3. The second-order valence-electron chi connectivity index (χ2n) is 7.06. The number of unbranched alkanes of at least 4 members (excludes halogenated alkanes) is 2. The van der Waals surface area contributed by atoms with Gasteiger partial charge < -0.3 is 15.7 Å². The second-order valence-corrected chi connectivity index (χ2v) is 7.47. The molecule has 0 atom stereocenters. The summed E-state index contributed by atoms with van der Waals surface area (Å²) in [6, 6.07) is 16.3. The maximum atomic E-state index is 9.73. The van der Waals surface area contributed by atoms with Gasteiger partial charge in [-0.15, -0.1) is 10.2 Å². The van der Waals surface area contributed by atoms with Crippen molar-refractivity contribution in [3.8, 4) is 22.5 Å². The molecule has 0 aliphatic carbocycles. The van der Waals surface area contributed by atoms with Crippen molar-refractivity contribution in [1.29, 1.82) is 0 Å². The van der Waals surface area contributed by atoms with Crippen LogP contribution >= 0.6 is 11.6 Å². The van der Waals surface area contributed by atoms with E-state index >= 15 is 0 Å². The first-order chi connectivity index (χ1) is 14.6. The van der Waals surface area contributed by atoms with Gasteiger partial charge in [0.05, 0.1) is 12.3 Å². The molecule has 0 radical (unpaired) electrons. The number of nitrogens with two attached hydrogens (primary N) is 1. The third-order valence-corrected chi connectivity index (χ3v) is 5.21. The molecule has 4 N–H and O–H groups in total. The lowest BCUT2D eigenvalue weighted by molar-refractivity contribution is 0.241. The summed E-state index contributed by atoms with van der Waals surface area (Å²) in [6.45, 7) is 3.39. The Morgan fingerprint density at radius 3 is 2.43 bits per heavy atom. The molecule has 30 heavy (non-hydrogen) atoms. The van der Waals surface area contributed by atoms with E-state index in [4.69, 9.17) is 17.3 Å². The molecule has 0 fully saturated rings. The third kappa shape index (κ3) is 5.37. The predicted octanol–water partition coefficient (Wildman–Crippen LogP) is 3.88. The number of tetrazole rings is 1. The highest BCUT2D eigenvalue weighted by atomic mass is 35.5. The Labute approximate surface area is 181 Å². The van der Waals surface area contributed by atoms with Crippen LogP contribution in [0.25, 0.3) is 22.5 Å². The maximum absolute atomic E-state index is 9.73. The minimum Gasteiger partial charge on any atom is -0.390 e. The van der Waals surface area contributed by atoms with Gasteiger partial charge in [-0.2, -0.15) is 5.21 Å². The summed E-state index contributed by atoms with van der Waals surface area (Å²) < 4.78 is 0. The molecular weight excluding hydrogens is 400 g/mol. The molecule has 3 aromatic rings. The van der Waals surface area contributed by atoms with Crippen LogP contribution in [0.5, 0.6) is 0 Å². The van der Waals surface area contributed by atoms with E-state index in [9.17, 15) is 5.11 Å². The molecule has 0 spiro atoms. The normalized spacial score (nSPS) is 12.0. The molecule has 158 valence electrons. The molecule has 0 bridgehead atoms. The molecule has 2 aromatic carbocycles. The number of aliphatic hydroxyl groups is 1. The van der Waals surface area contributed by atoms with Gasteiger partial charge in [0, 0.05) is 18.7 Å². The van der Waals surface area contributed by atoms with Crippen molar-refractivity contribution in [3.05, 3.63) is 64.9 Å². The minimum absolute atomic E-state index is 0.139. The summed E-state index contributed by atoms with van der Waals surface area (Å²) in [7, 11) is 0. The van der Waals surface area contributed by atoms with Crippen LogP contribution in [0.2, 0.25) is 0 Å². The molecule has 8 heteroatoms. The van der Waals surface area contributed by atoms with Gasteiger partial charge in [-0.05, 0) is 28.3 Å². The maximum Gasteiger partial charge on any atom is 0.205 e. The predicted molar refractivity (Wildman–Crippen MR) is 119 cm³/mol. The van der Waals surface area contributed by atoms with Gasteiger partial charge in [0.15, 0.2) is 0 Å². The molecule has 0 unspecified atom stereocenters. The van der Waals surface area contributed by atoms with Gasteiger partial charge in [0.1, 0.15) is 5.16 Å². The van der Waals surface area contributed by atoms with Gasteiger partial charge in [-0.1, -0.05) is 79.9 Å². The van der Waals surface area contributed by atoms with Crippen LogP contribution in [0.3, 0.4) is 0 Å². The number of nitrogens with zero attached hydrogens (tertiary/aromatic N) is 4. The Bertz CT molecular complexity index is 952. The number of hydrogen-bond acceptors (Lipinski definition) is 6. The summed E-state index contributed by atoms with van der Waals surface area (Å²) in [6.07, 6.45) is 3.25. The summed E-state index contributed by atoms with van der Waals surface area (Å²) in [5, 5.41) is 24.2. The van der Waals surface area contributed by atoms with Crippen molar-refractivity contribution in [3.63, 3.8) is 0 Å². The number of rotatable bonds is 10. The van der Waals surface area contributed by atoms with Gasteiger partial charge in [0.2, 0.25) is 5.82 Å². The van der Waals surface area contributed by atoms with Crippen LogP contribution < -0.4 is 5.73 Å². The topological polar surface area (TPSA) is 104 Å². The van der Waals surface area contributed by atoms with Gasteiger partial charge >= 0.3 is 0 Å². The second kappa shape index (κ2) is 10.8. The molecule has 0 aliphatic rings. The van der Waals surface area contributed by atoms with Crippen molar-refractivity contribution < 1.29 is 5.11 Å². The first-order valence-corrected chi connectivity index (χ1v) is 10.4. The molecule has 1 aromatic heterocycles. The van der Waals surface area contributed by atoms with E-state index in [1.54, 1.807) is 0 Å². The Morgan fingerprint density at radius 1 is 1.10 bits per heavy atom. The van der Waals surface area contributed by atoms with Crippen LogP contribution in [-0.4, -0.2) is 43.8 Å². The summed E-state index contributed by atoms with van der Waals surface area (Å²) >= 11 is 6.03. The van der Waals surface area contributed by atoms with Crippen LogP contribution in [0.15, 0.2) is 59.4 Å². The molecule has 1 heterocycles. The lowest BCUT2D eigenvalue weighted by Crippen LogP contribution is -2.28. The fraction of sp³-hybridized carbons (Fsp3) is 0.318. The van der Waals surface area contributed by atoms with E-state index in [0.29, 0.717) is 18.1 Å². The van der Waals surface area contributed by atoms with Gasteiger partial charge in [-0.3, -0.25) is 0 Å². The standard InChI is InChI=1S/C22H27ClN6O/c1-2-3-6-13-29(20(15-30)21(23)24)14-16-9-11-17(12-10-16)18-7-4-5-8-19(18)22-25-27-28-26-22/h4-5,7-12,30H,2-3,6,13-15,24H2,1H3,(H,25,26,27,28)/b21-20-. The smallest absolute Gasteiger partial charge is 0.205 e. The van der Waals surface area contributed by atoms with E-state index in [1.807, 2.05) is 24.3 Å². The number of benzene rings is 2. The van der Waals surface area contributed by atoms with E-state index in [0.717, 1.165) is 48.1 Å². The van der Waals surface area contributed by atoms with Crippen LogP contribution in [-0.2, 0) is 6.54 Å². The highest BCUT2D eigenvalue weighted by Crippen LogP contribution is 2.30. The monoisotopic (exact) mass is 426 g/mol. The van der Waals surface area contributed by atoms with Gasteiger partial charge in [-0.25, -0.2) is 0 Å².